The Morgan fingerprint density at radius 3 is 2.00 bits per heavy atom. The van der Waals surface area contributed by atoms with Crippen LogP contribution in [0, 0.1) is 6.92 Å². The van der Waals surface area contributed by atoms with Gasteiger partial charge in [-0.3, -0.25) is 0 Å². The van der Waals surface area contributed by atoms with E-state index in [4.69, 9.17) is 5.11 Å². The number of benzene rings is 2. The number of carboxylic acid groups (broad SMARTS) is 1. The van der Waals surface area contributed by atoms with Gasteiger partial charge in [-0.1, -0.05) is 30.4 Å². The van der Waals surface area contributed by atoms with E-state index < -0.39 is 6.09 Å². The molecule has 0 unspecified atom stereocenters. The van der Waals surface area contributed by atoms with Gasteiger partial charge in [0.25, 0.3) is 0 Å². The molecular weight excluding hydrogens is 364 g/mol. The summed E-state index contributed by atoms with van der Waals surface area (Å²) in [5.41, 5.74) is 5.93. The van der Waals surface area contributed by atoms with Gasteiger partial charge in [-0.25, -0.2) is 4.79 Å². The summed E-state index contributed by atoms with van der Waals surface area (Å²) in [6, 6.07) is 13.7. The van der Waals surface area contributed by atoms with Crippen LogP contribution >= 0.6 is 0 Å². The van der Waals surface area contributed by atoms with Gasteiger partial charge in [0.2, 0.25) is 0 Å². The van der Waals surface area contributed by atoms with Crippen LogP contribution in [0.1, 0.15) is 37.7 Å². The Morgan fingerprint density at radius 1 is 1.03 bits per heavy atom. The van der Waals surface area contributed by atoms with Crippen molar-refractivity contribution in [1.29, 1.82) is 0 Å². The third kappa shape index (κ3) is 7.18. The molecule has 0 bridgehead atoms. The predicted octanol–water partition coefficient (Wildman–Crippen LogP) is 5.90. The molecule has 0 atom stereocenters. The number of anilines is 1. The van der Waals surface area contributed by atoms with Crippen LogP contribution in [0.25, 0.3) is 11.1 Å². The molecule has 1 aliphatic carbocycles. The molecule has 156 valence electrons. The summed E-state index contributed by atoms with van der Waals surface area (Å²) in [4.78, 5) is 11.6. The van der Waals surface area contributed by atoms with E-state index >= 15 is 0 Å². The second kappa shape index (κ2) is 11.1. The number of phenolic OH excluding ortho intramolecular Hbond substituents is 1. The smallest absolute Gasteiger partial charge is 0.407 e. The van der Waals surface area contributed by atoms with Crippen molar-refractivity contribution in [2.75, 3.05) is 25.5 Å². The van der Waals surface area contributed by atoms with Crippen LogP contribution in [0.3, 0.4) is 0 Å². The van der Waals surface area contributed by atoms with E-state index in [2.05, 4.69) is 24.0 Å². The predicted molar refractivity (Wildman–Crippen MR) is 120 cm³/mol. The Hall–Kier alpha value is -2.95. The highest BCUT2D eigenvalue weighted by Crippen LogP contribution is 2.27. The second-order valence-corrected chi connectivity index (χ2v) is 7.41. The van der Waals surface area contributed by atoms with Crippen molar-refractivity contribution in [3.8, 4) is 16.9 Å². The summed E-state index contributed by atoms with van der Waals surface area (Å²) < 4.78 is 0. The zero-order chi connectivity index (χ0) is 21.2. The first kappa shape index (κ1) is 22.3. The van der Waals surface area contributed by atoms with Crippen LogP contribution in [0.2, 0.25) is 0 Å². The molecule has 3 N–H and O–H groups in total. The number of allylic oxidation sites excluding steroid dienone is 1. The molecule has 1 amide bonds. The summed E-state index contributed by atoms with van der Waals surface area (Å²) in [6.45, 7) is 7.22. The normalized spacial score (nSPS) is 14.7. The molecule has 29 heavy (non-hydrogen) atoms. The van der Waals surface area contributed by atoms with E-state index in [1.807, 2.05) is 32.2 Å². The Morgan fingerprint density at radius 2 is 1.62 bits per heavy atom. The molecule has 0 radical (unpaired) electrons. The third-order valence-electron chi connectivity index (χ3n) is 5.13. The Balaban J connectivity index is 0.000000190. The van der Waals surface area contributed by atoms with Crippen molar-refractivity contribution in [1.82, 2.24) is 4.90 Å². The molecule has 5 heteroatoms. The number of aryl methyl sites for hydroxylation is 1. The van der Waals surface area contributed by atoms with Gasteiger partial charge in [0.05, 0.1) is 0 Å². The van der Waals surface area contributed by atoms with Gasteiger partial charge >= 0.3 is 6.09 Å². The zero-order valence-electron chi connectivity index (χ0n) is 17.4. The van der Waals surface area contributed by atoms with Crippen LogP contribution in [-0.2, 0) is 0 Å². The van der Waals surface area contributed by atoms with Crippen molar-refractivity contribution < 1.29 is 15.0 Å². The van der Waals surface area contributed by atoms with E-state index in [0.29, 0.717) is 5.75 Å². The Labute approximate surface area is 173 Å². The average molecular weight is 397 g/mol. The van der Waals surface area contributed by atoms with E-state index in [-0.39, 0.29) is 0 Å². The lowest BCUT2D eigenvalue weighted by Gasteiger charge is -2.11. The maximum Gasteiger partial charge on any atom is 0.407 e. The molecule has 2 fully saturated rings. The molecule has 2 aromatic carbocycles. The lowest BCUT2D eigenvalue weighted by Crippen LogP contribution is -2.25. The fourth-order valence-electron chi connectivity index (χ4n) is 3.12. The highest BCUT2D eigenvalue weighted by molar-refractivity contribution is 5.69. The molecule has 4 rings (SSSR count). The van der Waals surface area contributed by atoms with E-state index in [9.17, 15) is 9.90 Å². The molecular formula is C24H32N2O3. The van der Waals surface area contributed by atoms with Crippen molar-refractivity contribution in [2.24, 2.45) is 0 Å². The Bertz CT molecular complexity index is 803. The largest absolute Gasteiger partial charge is 0.508 e. The van der Waals surface area contributed by atoms with Crippen molar-refractivity contribution >= 4 is 11.8 Å². The third-order valence-corrected chi connectivity index (χ3v) is 5.13. The minimum atomic E-state index is -0.775. The first-order valence-corrected chi connectivity index (χ1v) is 10.1. The molecule has 0 aromatic heterocycles. The fourth-order valence-corrected chi connectivity index (χ4v) is 3.12. The van der Waals surface area contributed by atoms with Crippen LogP contribution in [0.4, 0.5) is 10.5 Å². The second-order valence-electron chi connectivity index (χ2n) is 7.41. The lowest BCUT2D eigenvalue weighted by atomic mass is 9.95. The van der Waals surface area contributed by atoms with Crippen molar-refractivity contribution in [3.05, 3.63) is 60.2 Å². The highest BCUT2D eigenvalue weighted by atomic mass is 16.4. The van der Waals surface area contributed by atoms with Gasteiger partial charge in [-0.2, -0.15) is 0 Å². The summed E-state index contributed by atoms with van der Waals surface area (Å²) in [6.07, 6.45) is 5.26. The summed E-state index contributed by atoms with van der Waals surface area (Å²) in [7, 11) is 1.90. The number of hydrogen-bond acceptors (Lipinski definition) is 3. The van der Waals surface area contributed by atoms with E-state index in [0.717, 1.165) is 48.3 Å². The molecule has 5 nitrogen and oxygen atoms in total. The zero-order valence-corrected chi connectivity index (χ0v) is 17.4. The molecule has 1 aliphatic heterocycles. The van der Waals surface area contributed by atoms with Gasteiger partial charge < -0.3 is 20.4 Å². The molecule has 1 saturated heterocycles. The van der Waals surface area contributed by atoms with Gasteiger partial charge in [-0.15, -0.1) is 0 Å². The first-order valence-electron chi connectivity index (χ1n) is 10.1. The van der Waals surface area contributed by atoms with Crippen LogP contribution in [-0.4, -0.2) is 41.3 Å². The lowest BCUT2D eigenvalue weighted by molar-refractivity contribution is 0.156. The number of aromatic hydroxyl groups is 1. The van der Waals surface area contributed by atoms with Crippen molar-refractivity contribution in [2.45, 2.75) is 39.0 Å². The number of nitrogens with zero attached hydrogens (tertiary/aromatic N) is 1. The maximum absolute atomic E-state index is 10.1. The highest BCUT2D eigenvalue weighted by Gasteiger charge is 2.15. The number of carbonyl (C=O) groups is 1. The summed E-state index contributed by atoms with van der Waals surface area (Å²) in [5.74, 6) is 0.313. The minimum absolute atomic E-state index is 0.313. The number of likely N-dealkylation sites (tertiary alicyclic amines) is 1. The Kier molecular flexibility index (Phi) is 8.59. The quantitative estimate of drug-likeness (QED) is 0.553. The molecule has 2 aromatic rings. The number of nitrogens with one attached hydrogen (secondary N) is 1. The fraction of sp³-hybridized carbons (Fsp3) is 0.375. The minimum Gasteiger partial charge on any atom is -0.508 e. The van der Waals surface area contributed by atoms with E-state index in [1.165, 1.54) is 29.7 Å². The molecule has 1 heterocycles. The monoisotopic (exact) mass is 396 g/mol. The van der Waals surface area contributed by atoms with E-state index in [1.54, 1.807) is 12.1 Å². The number of phenols is 1. The summed E-state index contributed by atoms with van der Waals surface area (Å²) >= 11 is 0. The first-order chi connectivity index (χ1) is 13.9. The summed E-state index contributed by atoms with van der Waals surface area (Å²) in [5, 5.41) is 20.8. The number of hydrogen-bond donors (Lipinski definition) is 3. The topological polar surface area (TPSA) is 72.8 Å². The van der Waals surface area contributed by atoms with Gasteiger partial charge in [0, 0.05) is 25.8 Å². The average Bonchev–Trinajstić information content (AvgIpc) is 3.23. The molecule has 0 spiro atoms. The van der Waals surface area contributed by atoms with Gasteiger partial charge in [-0.05, 0) is 80.0 Å². The van der Waals surface area contributed by atoms with Crippen LogP contribution in [0.15, 0.2) is 54.6 Å². The van der Waals surface area contributed by atoms with Crippen molar-refractivity contribution in [3.63, 3.8) is 0 Å². The number of amides is 1. The number of rotatable bonds is 2. The molecule has 2 aliphatic rings. The van der Waals surface area contributed by atoms with Crippen LogP contribution in [0.5, 0.6) is 5.75 Å². The maximum atomic E-state index is 10.1. The van der Waals surface area contributed by atoms with Crippen LogP contribution < -0.4 is 5.32 Å². The van der Waals surface area contributed by atoms with Gasteiger partial charge in [0.15, 0.2) is 0 Å². The van der Waals surface area contributed by atoms with Gasteiger partial charge in [0.1, 0.15) is 5.75 Å². The standard InChI is InChI=1S/C14H15NO.C5H9NO2.C5H8/c1-10-9-13(16)7-8-14(10)11-3-5-12(15-2)6-4-11;7-5(8)6-3-1-2-4-6;1-5-3-2-4-5/h3-9,15-16H,1-2H3;1-4H2,(H,7,8);1-4H2. The molecule has 1 saturated carbocycles. The SMILES string of the molecule is C=C1CCC1.CNc1ccc(-c2ccc(O)cc2C)cc1.O=C(O)N1CCCC1.